The van der Waals surface area contributed by atoms with Crippen LogP contribution in [0.1, 0.15) is 15.9 Å². The van der Waals surface area contributed by atoms with Gasteiger partial charge in [0.15, 0.2) is 0 Å². The molecule has 0 aliphatic carbocycles. The van der Waals surface area contributed by atoms with Crippen molar-refractivity contribution in [2.45, 2.75) is 6.61 Å². The van der Waals surface area contributed by atoms with Gasteiger partial charge in [0.2, 0.25) is 0 Å². The highest BCUT2D eigenvalue weighted by molar-refractivity contribution is 5.74. The smallest absolute Gasteiger partial charge is 0.150 e. The standard InChI is InChI=1S/C7H8O.C7H6O.C6H7N/c2*8-6-7-4-2-1-3-5-7;7-6-4-2-1-3-5-6/h1-5,8H,6H2;1-6H;1-5H,7H2. The monoisotopic (exact) mass is 307 g/mol. The number of para-hydroxylation sites is 1. The quantitative estimate of drug-likeness (QED) is 0.556. The Hall–Kier alpha value is -2.91. The summed E-state index contributed by atoms with van der Waals surface area (Å²) in [5.74, 6) is 0. The second kappa shape index (κ2) is 11.7. The highest BCUT2D eigenvalue weighted by Gasteiger charge is 1.81. The largest absolute Gasteiger partial charge is 0.399 e. The summed E-state index contributed by atoms with van der Waals surface area (Å²) in [7, 11) is 0. The van der Waals surface area contributed by atoms with Gasteiger partial charge in [-0.15, -0.1) is 0 Å². The van der Waals surface area contributed by atoms with Crippen molar-refractivity contribution in [1.29, 1.82) is 0 Å². The maximum absolute atomic E-state index is 10.0. The fourth-order valence-corrected chi connectivity index (χ4v) is 1.57. The predicted molar refractivity (Wildman–Crippen MR) is 95.0 cm³/mol. The molecule has 118 valence electrons. The van der Waals surface area contributed by atoms with Crippen LogP contribution in [0.5, 0.6) is 0 Å². The maximum Gasteiger partial charge on any atom is 0.150 e. The number of carbonyl (C=O) groups is 1. The lowest BCUT2D eigenvalue weighted by Gasteiger charge is -1.89. The van der Waals surface area contributed by atoms with Crippen LogP contribution in [-0.4, -0.2) is 11.4 Å². The molecule has 0 atom stereocenters. The van der Waals surface area contributed by atoms with E-state index >= 15 is 0 Å². The zero-order chi connectivity index (χ0) is 16.8. The molecule has 0 saturated heterocycles. The fourth-order valence-electron chi connectivity index (χ4n) is 1.57. The zero-order valence-corrected chi connectivity index (χ0v) is 12.9. The van der Waals surface area contributed by atoms with E-state index in [2.05, 4.69) is 0 Å². The molecule has 0 amide bonds. The van der Waals surface area contributed by atoms with Gasteiger partial charge in [-0.3, -0.25) is 4.79 Å². The van der Waals surface area contributed by atoms with Crippen LogP contribution in [0, 0.1) is 0 Å². The summed E-state index contributed by atoms with van der Waals surface area (Å²) in [5, 5.41) is 8.54. The van der Waals surface area contributed by atoms with Gasteiger partial charge in [0, 0.05) is 11.3 Å². The summed E-state index contributed by atoms with van der Waals surface area (Å²) in [6.07, 6.45) is 0.833. The lowest BCUT2D eigenvalue weighted by molar-refractivity contribution is 0.112. The average Bonchev–Trinajstić information content (AvgIpc) is 2.65. The Morgan fingerprint density at radius 3 is 1.43 bits per heavy atom. The minimum absolute atomic E-state index is 0.140. The topological polar surface area (TPSA) is 63.3 Å². The molecule has 3 aromatic rings. The Balaban J connectivity index is 0.000000173. The molecule has 3 heteroatoms. The molecule has 0 bridgehead atoms. The number of hydrogen-bond acceptors (Lipinski definition) is 3. The van der Waals surface area contributed by atoms with E-state index in [0.717, 1.165) is 23.1 Å². The average molecular weight is 307 g/mol. The van der Waals surface area contributed by atoms with Crippen molar-refractivity contribution in [3.63, 3.8) is 0 Å². The van der Waals surface area contributed by atoms with Crippen molar-refractivity contribution < 1.29 is 9.90 Å². The van der Waals surface area contributed by atoms with Gasteiger partial charge < -0.3 is 10.8 Å². The highest BCUT2D eigenvalue weighted by Crippen LogP contribution is 1.96. The molecule has 0 aliphatic heterocycles. The maximum atomic E-state index is 10.0. The number of carbonyl (C=O) groups excluding carboxylic acids is 1. The molecule has 0 fully saturated rings. The number of hydrogen-bond donors (Lipinski definition) is 2. The second-order valence-electron chi connectivity index (χ2n) is 4.58. The molecular weight excluding hydrogens is 286 g/mol. The van der Waals surface area contributed by atoms with Gasteiger partial charge in [0.25, 0.3) is 0 Å². The fraction of sp³-hybridized carbons (Fsp3) is 0.0500. The minimum Gasteiger partial charge on any atom is -0.399 e. The van der Waals surface area contributed by atoms with Gasteiger partial charge in [-0.2, -0.15) is 0 Å². The molecule has 0 unspecified atom stereocenters. The molecule has 0 aromatic heterocycles. The third kappa shape index (κ3) is 8.86. The Kier molecular flexibility index (Phi) is 9.24. The number of aliphatic hydroxyl groups excluding tert-OH is 1. The second-order valence-corrected chi connectivity index (χ2v) is 4.58. The first kappa shape index (κ1) is 18.1. The van der Waals surface area contributed by atoms with Crippen molar-refractivity contribution in [2.75, 3.05) is 5.73 Å². The Bertz CT molecular complexity index is 640. The molecular formula is C20H21NO2. The van der Waals surface area contributed by atoms with Gasteiger partial charge >= 0.3 is 0 Å². The zero-order valence-electron chi connectivity index (χ0n) is 12.9. The third-order valence-electron chi connectivity index (χ3n) is 2.76. The molecule has 23 heavy (non-hydrogen) atoms. The molecule has 0 heterocycles. The number of aliphatic hydroxyl groups is 1. The first-order valence-corrected chi connectivity index (χ1v) is 7.21. The van der Waals surface area contributed by atoms with Crippen LogP contribution in [-0.2, 0) is 6.61 Å². The van der Waals surface area contributed by atoms with Crippen LogP contribution in [0.2, 0.25) is 0 Å². The summed E-state index contributed by atoms with van der Waals surface area (Å²) in [6.45, 7) is 0.140. The molecule has 0 saturated carbocycles. The van der Waals surface area contributed by atoms with Gasteiger partial charge in [0.1, 0.15) is 6.29 Å². The Morgan fingerprint density at radius 2 is 1.17 bits per heavy atom. The van der Waals surface area contributed by atoms with Crippen molar-refractivity contribution in [2.24, 2.45) is 0 Å². The Morgan fingerprint density at radius 1 is 0.739 bits per heavy atom. The summed E-state index contributed by atoms with van der Waals surface area (Å²) in [6, 6.07) is 28.1. The summed E-state index contributed by atoms with van der Waals surface area (Å²) in [5.41, 5.74) is 7.87. The number of nitrogen functional groups attached to an aromatic ring is 1. The SMILES string of the molecule is Nc1ccccc1.O=Cc1ccccc1.OCc1ccccc1. The molecule has 3 aromatic carbocycles. The van der Waals surface area contributed by atoms with Crippen LogP contribution in [0.15, 0.2) is 91.0 Å². The number of nitrogens with two attached hydrogens (primary N) is 1. The van der Waals surface area contributed by atoms with E-state index < -0.39 is 0 Å². The summed E-state index contributed by atoms with van der Waals surface area (Å²) in [4.78, 5) is 10.0. The van der Waals surface area contributed by atoms with Crippen molar-refractivity contribution in [3.8, 4) is 0 Å². The molecule has 0 radical (unpaired) electrons. The van der Waals surface area contributed by atoms with Crippen LogP contribution >= 0.6 is 0 Å². The van der Waals surface area contributed by atoms with E-state index in [0.29, 0.717) is 0 Å². The van der Waals surface area contributed by atoms with Crippen molar-refractivity contribution in [3.05, 3.63) is 102 Å². The number of aldehydes is 1. The lowest BCUT2D eigenvalue weighted by Crippen LogP contribution is -1.79. The number of benzene rings is 3. The summed E-state index contributed by atoms with van der Waals surface area (Å²) >= 11 is 0. The van der Waals surface area contributed by atoms with E-state index in [-0.39, 0.29) is 6.61 Å². The van der Waals surface area contributed by atoms with Crippen LogP contribution < -0.4 is 5.73 Å². The van der Waals surface area contributed by atoms with Gasteiger partial charge in [0.05, 0.1) is 6.61 Å². The van der Waals surface area contributed by atoms with E-state index in [9.17, 15) is 4.79 Å². The lowest BCUT2D eigenvalue weighted by atomic mass is 10.2. The third-order valence-corrected chi connectivity index (χ3v) is 2.76. The van der Waals surface area contributed by atoms with Crippen molar-refractivity contribution in [1.82, 2.24) is 0 Å². The van der Waals surface area contributed by atoms with Crippen LogP contribution in [0.3, 0.4) is 0 Å². The Labute approximate surface area is 137 Å². The molecule has 0 spiro atoms. The number of anilines is 1. The molecule has 3 N–H and O–H groups in total. The van der Waals surface area contributed by atoms with E-state index in [1.807, 2.05) is 78.9 Å². The van der Waals surface area contributed by atoms with Gasteiger partial charge in [-0.05, 0) is 17.7 Å². The molecule has 0 aliphatic rings. The normalized spacial score (nSPS) is 8.74. The first-order valence-electron chi connectivity index (χ1n) is 7.21. The first-order chi connectivity index (χ1) is 11.3. The van der Waals surface area contributed by atoms with E-state index in [1.54, 1.807) is 12.1 Å². The van der Waals surface area contributed by atoms with Gasteiger partial charge in [-0.1, -0.05) is 78.9 Å². The number of rotatable bonds is 2. The van der Waals surface area contributed by atoms with Crippen molar-refractivity contribution >= 4 is 12.0 Å². The minimum atomic E-state index is 0.140. The highest BCUT2D eigenvalue weighted by atomic mass is 16.3. The van der Waals surface area contributed by atoms with E-state index in [4.69, 9.17) is 10.8 Å². The van der Waals surface area contributed by atoms with Gasteiger partial charge in [-0.25, -0.2) is 0 Å². The molecule has 3 rings (SSSR count). The summed E-state index contributed by atoms with van der Waals surface area (Å²) < 4.78 is 0. The van der Waals surface area contributed by atoms with Crippen LogP contribution in [0.4, 0.5) is 5.69 Å². The molecule has 3 nitrogen and oxygen atoms in total. The van der Waals surface area contributed by atoms with Crippen LogP contribution in [0.25, 0.3) is 0 Å². The van der Waals surface area contributed by atoms with E-state index in [1.165, 1.54) is 0 Å². The predicted octanol–water partition coefficient (Wildman–Crippen LogP) is 3.95.